The Morgan fingerprint density at radius 2 is 2.26 bits per heavy atom. The maximum Gasteiger partial charge on any atom is 0.313 e. The maximum absolute atomic E-state index is 12.3. The second-order valence-electron chi connectivity index (χ2n) is 5.71. The van der Waals surface area contributed by atoms with Crippen LogP contribution in [0, 0.1) is 5.41 Å². The Morgan fingerprint density at radius 1 is 1.48 bits per heavy atom. The molecule has 0 aromatic heterocycles. The first-order valence-electron chi connectivity index (χ1n) is 7.29. The number of aliphatic carboxylic acids is 1. The normalized spacial score (nSPS) is 20.7. The summed E-state index contributed by atoms with van der Waals surface area (Å²) in [6, 6.07) is 7.54. The van der Waals surface area contributed by atoms with E-state index < -0.39 is 11.4 Å². The molecular weight excluding hydrogens is 338 g/mol. The molecule has 23 heavy (non-hydrogen) atoms. The van der Waals surface area contributed by atoms with E-state index in [-0.39, 0.29) is 19.1 Å². The zero-order valence-corrected chi connectivity index (χ0v) is 14.5. The number of methoxy groups -OCH3 is 1. The number of ether oxygens (including phenoxy) is 1. The van der Waals surface area contributed by atoms with Gasteiger partial charge in [0.15, 0.2) is 0 Å². The molecule has 1 atom stereocenters. The molecule has 1 saturated heterocycles. The van der Waals surface area contributed by atoms with Gasteiger partial charge in [0.2, 0.25) is 5.91 Å². The van der Waals surface area contributed by atoms with E-state index in [1.54, 1.807) is 4.90 Å². The summed E-state index contributed by atoms with van der Waals surface area (Å²) in [5.41, 5.74) is 0.0955. The number of carboxylic acid groups (broad SMARTS) is 1. The van der Waals surface area contributed by atoms with Crippen LogP contribution >= 0.6 is 23.4 Å². The van der Waals surface area contributed by atoms with Crippen molar-refractivity contribution in [1.82, 2.24) is 4.90 Å². The number of benzene rings is 1. The minimum atomic E-state index is -0.970. The van der Waals surface area contributed by atoms with E-state index in [0.717, 1.165) is 5.56 Å². The number of carbonyl (C=O) groups is 2. The minimum Gasteiger partial charge on any atom is -0.481 e. The van der Waals surface area contributed by atoms with Crippen LogP contribution in [0.5, 0.6) is 0 Å². The average molecular weight is 358 g/mol. The lowest BCUT2D eigenvalue weighted by atomic mass is 9.88. The Labute approximate surface area is 144 Å². The van der Waals surface area contributed by atoms with Crippen molar-refractivity contribution in [3.05, 3.63) is 34.9 Å². The SMILES string of the molecule is COCC1(C(=O)O)CCN(C(=O)CSCc2cccc(Cl)c2)C1. The number of likely N-dealkylation sites (tertiary alicyclic amines) is 1. The number of amides is 1. The first-order chi connectivity index (χ1) is 11.0. The fraction of sp³-hybridized carbons (Fsp3) is 0.500. The summed E-state index contributed by atoms with van der Waals surface area (Å²) in [7, 11) is 1.48. The van der Waals surface area contributed by atoms with E-state index in [1.165, 1.54) is 18.9 Å². The fourth-order valence-electron chi connectivity index (χ4n) is 2.69. The van der Waals surface area contributed by atoms with Crippen LogP contribution in [-0.2, 0) is 20.1 Å². The number of nitrogens with zero attached hydrogens (tertiary/aromatic N) is 1. The highest BCUT2D eigenvalue weighted by atomic mass is 35.5. The van der Waals surface area contributed by atoms with Crippen LogP contribution in [0.15, 0.2) is 24.3 Å². The monoisotopic (exact) mass is 357 g/mol. The number of carbonyl (C=O) groups excluding carboxylic acids is 1. The van der Waals surface area contributed by atoms with Crippen LogP contribution in [0.3, 0.4) is 0 Å². The molecule has 1 N–H and O–H groups in total. The van der Waals surface area contributed by atoms with Gasteiger partial charge in [0.05, 0.1) is 12.4 Å². The van der Waals surface area contributed by atoms with Gasteiger partial charge in [-0.2, -0.15) is 0 Å². The molecule has 126 valence electrons. The predicted molar refractivity (Wildman–Crippen MR) is 90.8 cm³/mol. The Morgan fingerprint density at radius 3 is 2.91 bits per heavy atom. The van der Waals surface area contributed by atoms with Gasteiger partial charge < -0.3 is 14.7 Å². The van der Waals surface area contributed by atoms with Crippen LogP contribution in [0.4, 0.5) is 0 Å². The highest BCUT2D eigenvalue weighted by Crippen LogP contribution is 2.31. The summed E-state index contributed by atoms with van der Waals surface area (Å²) in [6.45, 7) is 0.806. The van der Waals surface area contributed by atoms with Gasteiger partial charge >= 0.3 is 5.97 Å². The zero-order valence-electron chi connectivity index (χ0n) is 13.0. The Kier molecular flexibility index (Phi) is 6.33. The topological polar surface area (TPSA) is 66.8 Å². The third-order valence-electron chi connectivity index (χ3n) is 3.96. The summed E-state index contributed by atoms with van der Waals surface area (Å²) in [6.07, 6.45) is 0.431. The van der Waals surface area contributed by atoms with Gasteiger partial charge in [-0.05, 0) is 24.1 Å². The van der Waals surface area contributed by atoms with Gasteiger partial charge in [0, 0.05) is 31.0 Å². The van der Waals surface area contributed by atoms with Gasteiger partial charge in [-0.25, -0.2) is 0 Å². The molecule has 0 saturated carbocycles. The third-order valence-corrected chi connectivity index (χ3v) is 5.19. The third kappa shape index (κ3) is 4.62. The van der Waals surface area contributed by atoms with E-state index in [1.807, 2.05) is 24.3 Å². The summed E-state index contributed by atoms with van der Waals surface area (Å²) >= 11 is 7.43. The van der Waals surface area contributed by atoms with Crippen molar-refractivity contribution < 1.29 is 19.4 Å². The van der Waals surface area contributed by atoms with Crippen molar-refractivity contribution in [1.29, 1.82) is 0 Å². The molecule has 1 aliphatic heterocycles. The molecule has 1 fully saturated rings. The molecule has 0 spiro atoms. The Hall–Kier alpha value is -1.24. The number of hydrogen-bond acceptors (Lipinski definition) is 4. The summed E-state index contributed by atoms with van der Waals surface area (Å²) in [4.78, 5) is 25.4. The molecule has 1 aromatic carbocycles. The summed E-state index contributed by atoms with van der Waals surface area (Å²) in [5.74, 6) is 0.0924. The van der Waals surface area contributed by atoms with Gasteiger partial charge in [-0.1, -0.05) is 23.7 Å². The number of thioether (sulfide) groups is 1. The minimum absolute atomic E-state index is 0.0312. The molecule has 2 rings (SSSR count). The van der Waals surface area contributed by atoms with Gasteiger partial charge in [-0.3, -0.25) is 9.59 Å². The van der Waals surface area contributed by atoms with Crippen molar-refractivity contribution >= 4 is 35.2 Å². The maximum atomic E-state index is 12.3. The van der Waals surface area contributed by atoms with E-state index in [2.05, 4.69) is 0 Å². The molecule has 1 amide bonds. The van der Waals surface area contributed by atoms with Crippen LogP contribution in [-0.4, -0.2) is 54.4 Å². The first kappa shape index (κ1) is 18.1. The van der Waals surface area contributed by atoms with E-state index in [0.29, 0.717) is 29.5 Å². The highest BCUT2D eigenvalue weighted by molar-refractivity contribution is 7.99. The molecular formula is C16H20ClNO4S. The molecule has 0 aliphatic carbocycles. The van der Waals surface area contributed by atoms with E-state index in [4.69, 9.17) is 16.3 Å². The Bertz CT molecular complexity index is 583. The van der Waals surface area contributed by atoms with Crippen LogP contribution in [0.25, 0.3) is 0 Å². The molecule has 5 nitrogen and oxygen atoms in total. The lowest BCUT2D eigenvalue weighted by molar-refractivity contribution is -0.151. The molecule has 1 aromatic rings. The summed E-state index contributed by atoms with van der Waals surface area (Å²) < 4.78 is 5.03. The molecule has 0 radical (unpaired) electrons. The van der Waals surface area contributed by atoms with Crippen molar-refractivity contribution in [3.63, 3.8) is 0 Å². The van der Waals surface area contributed by atoms with Crippen molar-refractivity contribution in [2.75, 3.05) is 32.6 Å². The highest BCUT2D eigenvalue weighted by Gasteiger charge is 2.46. The van der Waals surface area contributed by atoms with Gasteiger partial charge in [-0.15, -0.1) is 11.8 Å². The zero-order chi connectivity index (χ0) is 16.9. The number of carboxylic acids is 1. The number of halogens is 1. The first-order valence-corrected chi connectivity index (χ1v) is 8.82. The fourth-order valence-corrected chi connectivity index (χ4v) is 3.78. The van der Waals surface area contributed by atoms with Crippen molar-refractivity contribution in [2.24, 2.45) is 5.41 Å². The lowest BCUT2D eigenvalue weighted by Crippen LogP contribution is -2.40. The molecule has 7 heteroatoms. The lowest BCUT2D eigenvalue weighted by Gasteiger charge is -2.23. The second-order valence-corrected chi connectivity index (χ2v) is 7.13. The average Bonchev–Trinajstić information content (AvgIpc) is 2.93. The second kappa shape index (κ2) is 8.04. The van der Waals surface area contributed by atoms with Crippen molar-refractivity contribution in [3.8, 4) is 0 Å². The predicted octanol–water partition coefficient (Wildman–Crippen LogP) is 2.52. The van der Waals surface area contributed by atoms with Gasteiger partial charge in [0.25, 0.3) is 0 Å². The molecule has 1 aliphatic rings. The van der Waals surface area contributed by atoms with E-state index >= 15 is 0 Å². The van der Waals surface area contributed by atoms with Crippen LogP contribution < -0.4 is 0 Å². The molecule has 1 unspecified atom stereocenters. The quantitative estimate of drug-likeness (QED) is 0.812. The summed E-state index contributed by atoms with van der Waals surface area (Å²) in [5, 5.41) is 10.1. The van der Waals surface area contributed by atoms with Crippen LogP contribution in [0.1, 0.15) is 12.0 Å². The largest absolute Gasteiger partial charge is 0.481 e. The van der Waals surface area contributed by atoms with E-state index in [9.17, 15) is 14.7 Å². The smallest absolute Gasteiger partial charge is 0.313 e. The molecule has 0 bridgehead atoms. The standard InChI is InChI=1S/C16H20ClNO4S/c1-22-11-16(15(20)21)5-6-18(10-16)14(19)9-23-8-12-3-2-4-13(17)7-12/h2-4,7H,5-6,8-11H2,1H3,(H,20,21). The van der Waals surface area contributed by atoms with Crippen molar-refractivity contribution in [2.45, 2.75) is 12.2 Å². The Balaban J connectivity index is 1.84. The van der Waals surface area contributed by atoms with Crippen LogP contribution in [0.2, 0.25) is 5.02 Å². The number of hydrogen-bond donors (Lipinski definition) is 1. The van der Waals surface area contributed by atoms with Gasteiger partial charge in [0.1, 0.15) is 5.41 Å². The number of rotatable bonds is 7. The molecule has 1 heterocycles.